The van der Waals surface area contributed by atoms with E-state index < -0.39 is 11.9 Å². The Morgan fingerprint density at radius 2 is 1.86 bits per heavy atom. The quantitative estimate of drug-likeness (QED) is 0.492. The Morgan fingerprint density at radius 1 is 1.29 bits per heavy atom. The molecule has 0 spiro atoms. The van der Waals surface area contributed by atoms with Crippen LogP contribution in [-0.4, -0.2) is 24.0 Å². The van der Waals surface area contributed by atoms with Crippen LogP contribution in [0.2, 0.25) is 0 Å². The van der Waals surface area contributed by atoms with Crippen LogP contribution in [0.1, 0.15) is 38.2 Å². The number of aliphatic carboxylic acids is 1. The molecule has 0 heterocycles. The van der Waals surface area contributed by atoms with Crippen molar-refractivity contribution in [2.45, 2.75) is 32.6 Å². The molecule has 4 nitrogen and oxygen atoms in total. The first-order chi connectivity index (χ1) is 9.72. The van der Waals surface area contributed by atoms with Gasteiger partial charge in [-0.3, -0.25) is 9.59 Å². The third-order valence-corrected chi connectivity index (χ3v) is 6.02. The first kappa shape index (κ1) is 19.4. The Hall–Kier alpha value is 0.350. The topological polar surface area (TPSA) is 57.6 Å². The molecule has 0 radical (unpaired) electrons. The second kappa shape index (κ2) is 8.27. The summed E-state index contributed by atoms with van der Waals surface area (Å²) in [6, 6.07) is 1.94. The smallest absolute Gasteiger partial charge is 0.311 e. The van der Waals surface area contributed by atoms with Gasteiger partial charge < -0.3 is 10.0 Å². The predicted molar refractivity (Wildman–Crippen MR) is 109 cm³/mol. The van der Waals surface area contributed by atoms with Crippen molar-refractivity contribution in [3.63, 3.8) is 0 Å². The number of anilines is 1. The van der Waals surface area contributed by atoms with Gasteiger partial charge in [-0.2, -0.15) is 0 Å². The lowest BCUT2D eigenvalue weighted by Gasteiger charge is -2.24. The first-order valence-electron chi connectivity index (χ1n) is 6.36. The summed E-state index contributed by atoms with van der Waals surface area (Å²) in [6.07, 6.45) is 1.39. The number of hydrogen-bond donors (Lipinski definition) is 1. The number of carbonyl (C=O) groups excluding carboxylic acids is 1. The van der Waals surface area contributed by atoms with E-state index in [0.717, 1.165) is 28.4 Å². The van der Waals surface area contributed by atoms with E-state index in [1.165, 1.54) is 6.92 Å². The lowest BCUT2D eigenvalue weighted by molar-refractivity contribution is -0.139. The number of rotatable bonds is 5. The molecular weight excluding hydrogens is 611 g/mol. The average Bonchev–Trinajstić information content (AvgIpc) is 2.36. The standard InChI is InChI=1S/C14H16I3NO3/c1-4-5-8(14(20)21)11-9(15)6-10(16)13(12(11)17)18(3)7(2)19/h6,8H,4-5H2,1-3H3,(H,20,21)/t8-/m0/s1. The Morgan fingerprint density at radius 3 is 2.29 bits per heavy atom. The molecule has 1 N–H and O–H groups in total. The first-order valence-corrected chi connectivity index (χ1v) is 9.60. The molecule has 0 aliphatic rings. The maximum absolute atomic E-state index is 11.7. The summed E-state index contributed by atoms with van der Waals surface area (Å²) in [5, 5.41) is 9.53. The van der Waals surface area contributed by atoms with Crippen LogP contribution < -0.4 is 4.90 Å². The van der Waals surface area contributed by atoms with Crippen molar-refractivity contribution >= 4 is 85.3 Å². The fraction of sp³-hybridized carbons (Fsp3) is 0.429. The molecule has 0 unspecified atom stereocenters. The third-order valence-electron chi connectivity index (χ3n) is 3.21. The number of carbonyl (C=O) groups is 2. The SMILES string of the molecule is CCC[C@H](C(=O)O)c1c(I)cc(I)c(N(C)C(C)=O)c1I. The maximum Gasteiger partial charge on any atom is 0.311 e. The number of nitrogens with zero attached hydrogens (tertiary/aromatic N) is 1. The molecule has 0 aromatic heterocycles. The number of halogens is 3. The number of carboxylic acids is 1. The van der Waals surface area contributed by atoms with E-state index in [-0.39, 0.29) is 5.91 Å². The van der Waals surface area contributed by atoms with Crippen LogP contribution in [0.25, 0.3) is 0 Å². The highest BCUT2D eigenvalue weighted by Gasteiger charge is 2.28. The van der Waals surface area contributed by atoms with Crippen LogP contribution in [0.5, 0.6) is 0 Å². The van der Waals surface area contributed by atoms with Crippen LogP contribution in [0.4, 0.5) is 5.69 Å². The normalized spacial score (nSPS) is 12.1. The lowest BCUT2D eigenvalue weighted by Crippen LogP contribution is -2.26. The Balaban J connectivity index is 3.56. The Kier molecular flexibility index (Phi) is 7.64. The van der Waals surface area contributed by atoms with Crippen LogP contribution in [-0.2, 0) is 9.59 Å². The molecular formula is C14H16I3NO3. The van der Waals surface area contributed by atoms with Gasteiger partial charge in [0.1, 0.15) is 0 Å². The van der Waals surface area contributed by atoms with E-state index in [1.807, 2.05) is 13.0 Å². The van der Waals surface area contributed by atoms with Gasteiger partial charge in [0.25, 0.3) is 0 Å². The van der Waals surface area contributed by atoms with Gasteiger partial charge in [-0.25, -0.2) is 0 Å². The number of hydrogen-bond acceptors (Lipinski definition) is 2. The lowest BCUT2D eigenvalue weighted by atomic mass is 9.94. The third kappa shape index (κ3) is 4.43. The highest BCUT2D eigenvalue weighted by Crippen LogP contribution is 2.39. The number of amides is 1. The molecule has 1 aromatic carbocycles. The second-order valence-electron chi connectivity index (χ2n) is 4.67. The average molecular weight is 627 g/mol. The van der Waals surface area contributed by atoms with E-state index in [1.54, 1.807) is 11.9 Å². The summed E-state index contributed by atoms with van der Waals surface area (Å²) >= 11 is 6.53. The summed E-state index contributed by atoms with van der Waals surface area (Å²) in [6.45, 7) is 3.48. The fourth-order valence-electron chi connectivity index (χ4n) is 2.06. The molecule has 116 valence electrons. The van der Waals surface area contributed by atoms with Gasteiger partial charge in [0, 0.05) is 24.7 Å². The van der Waals surface area contributed by atoms with Crippen molar-refractivity contribution in [1.29, 1.82) is 0 Å². The van der Waals surface area contributed by atoms with Gasteiger partial charge in [0.15, 0.2) is 0 Å². The minimum absolute atomic E-state index is 0.0691. The molecule has 1 rings (SSSR count). The molecule has 0 fully saturated rings. The van der Waals surface area contributed by atoms with Crippen LogP contribution in [0, 0.1) is 10.7 Å². The van der Waals surface area contributed by atoms with Gasteiger partial charge in [0.05, 0.1) is 11.6 Å². The molecule has 21 heavy (non-hydrogen) atoms. The summed E-state index contributed by atoms with van der Waals surface area (Å²) in [7, 11) is 1.72. The zero-order chi connectivity index (χ0) is 16.3. The summed E-state index contributed by atoms with van der Waals surface area (Å²) in [4.78, 5) is 24.9. The van der Waals surface area contributed by atoms with Crippen molar-refractivity contribution in [3.05, 3.63) is 22.3 Å². The minimum atomic E-state index is -0.815. The van der Waals surface area contributed by atoms with Crippen molar-refractivity contribution in [2.24, 2.45) is 0 Å². The van der Waals surface area contributed by atoms with Crippen molar-refractivity contribution in [2.75, 3.05) is 11.9 Å². The minimum Gasteiger partial charge on any atom is -0.481 e. The van der Waals surface area contributed by atoms with Gasteiger partial charge >= 0.3 is 5.97 Å². The van der Waals surface area contributed by atoms with Gasteiger partial charge in [-0.1, -0.05) is 13.3 Å². The van der Waals surface area contributed by atoms with Gasteiger partial charge in [0.2, 0.25) is 5.91 Å². The second-order valence-corrected chi connectivity index (χ2v) is 8.08. The monoisotopic (exact) mass is 627 g/mol. The molecule has 1 aromatic rings. The molecule has 1 atom stereocenters. The molecule has 1 amide bonds. The van der Waals surface area contributed by atoms with E-state index in [0.29, 0.717) is 6.42 Å². The summed E-state index contributed by atoms with van der Waals surface area (Å²) in [5.74, 6) is -1.42. The van der Waals surface area contributed by atoms with Gasteiger partial charge in [-0.05, 0) is 85.8 Å². The number of carboxylic acid groups (broad SMARTS) is 1. The predicted octanol–water partition coefficient (Wildman–Crippen LogP) is 4.45. The zero-order valence-electron chi connectivity index (χ0n) is 11.9. The molecule has 0 saturated carbocycles. The molecule has 0 aliphatic carbocycles. The zero-order valence-corrected chi connectivity index (χ0v) is 18.4. The van der Waals surface area contributed by atoms with Crippen LogP contribution in [0.15, 0.2) is 6.07 Å². The van der Waals surface area contributed by atoms with E-state index in [4.69, 9.17) is 0 Å². The maximum atomic E-state index is 11.7. The van der Waals surface area contributed by atoms with Crippen molar-refractivity contribution in [1.82, 2.24) is 0 Å². The Bertz CT molecular complexity index is 575. The van der Waals surface area contributed by atoms with E-state index in [9.17, 15) is 14.7 Å². The van der Waals surface area contributed by atoms with Crippen molar-refractivity contribution < 1.29 is 14.7 Å². The number of benzene rings is 1. The largest absolute Gasteiger partial charge is 0.481 e. The Labute approximate surface area is 165 Å². The molecule has 0 aliphatic heterocycles. The highest BCUT2D eigenvalue weighted by molar-refractivity contribution is 14.1. The van der Waals surface area contributed by atoms with Crippen molar-refractivity contribution in [3.8, 4) is 0 Å². The molecule has 7 heteroatoms. The van der Waals surface area contributed by atoms with Crippen LogP contribution in [0.3, 0.4) is 0 Å². The summed E-state index contributed by atoms with van der Waals surface area (Å²) in [5.41, 5.74) is 1.61. The van der Waals surface area contributed by atoms with Crippen LogP contribution >= 0.6 is 67.8 Å². The van der Waals surface area contributed by atoms with E-state index in [2.05, 4.69) is 67.8 Å². The van der Waals surface area contributed by atoms with E-state index >= 15 is 0 Å². The van der Waals surface area contributed by atoms with Gasteiger partial charge in [-0.15, -0.1) is 0 Å². The fourth-order valence-corrected chi connectivity index (χ4v) is 6.91. The molecule has 0 bridgehead atoms. The highest BCUT2D eigenvalue weighted by atomic mass is 127. The molecule has 0 saturated heterocycles. The summed E-state index contributed by atoms with van der Waals surface area (Å²) < 4.78 is 2.73.